The molecule has 0 aromatic heterocycles. The zero-order valence-electron chi connectivity index (χ0n) is 16.3. The van der Waals surface area contributed by atoms with Gasteiger partial charge in [0, 0.05) is 19.1 Å². The van der Waals surface area contributed by atoms with Crippen molar-refractivity contribution >= 4 is 0 Å². The lowest BCUT2D eigenvalue weighted by molar-refractivity contribution is -0.0526. The third kappa shape index (κ3) is 5.77. The topological polar surface area (TPSA) is 43.0 Å². The Balaban J connectivity index is 2.12. The van der Waals surface area contributed by atoms with E-state index in [-0.39, 0.29) is 29.1 Å². The van der Waals surface area contributed by atoms with Gasteiger partial charge in [0.2, 0.25) is 5.75 Å². The molecule has 1 atom stereocenters. The maximum absolute atomic E-state index is 13.5. The molecule has 0 aliphatic rings. The summed E-state index contributed by atoms with van der Waals surface area (Å²) in [7, 11) is 6.58. The number of methoxy groups -OCH3 is 2. The van der Waals surface area contributed by atoms with Crippen LogP contribution in [0.2, 0.25) is 0 Å². The second-order valence-electron chi connectivity index (χ2n) is 6.37. The minimum Gasteiger partial charge on any atom is -0.493 e. The summed E-state index contributed by atoms with van der Waals surface area (Å²) in [4.78, 5) is 1.99. The molecule has 0 aliphatic heterocycles. The molecule has 0 bridgehead atoms. The van der Waals surface area contributed by atoms with Crippen molar-refractivity contribution in [1.29, 1.82) is 0 Å². The maximum Gasteiger partial charge on any atom is 0.387 e. The van der Waals surface area contributed by atoms with Gasteiger partial charge in [-0.2, -0.15) is 8.78 Å². The first-order valence-electron chi connectivity index (χ1n) is 8.68. The van der Waals surface area contributed by atoms with Crippen molar-refractivity contribution in [2.24, 2.45) is 0 Å². The summed E-state index contributed by atoms with van der Waals surface area (Å²) in [6.45, 7) is -2.00. The zero-order chi connectivity index (χ0) is 20.7. The Morgan fingerprint density at radius 2 is 1.68 bits per heavy atom. The van der Waals surface area contributed by atoms with Crippen molar-refractivity contribution < 1.29 is 27.4 Å². The van der Waals surface area contributed by atoms with E-state index < -0.39 is 6.61 Å². The second kappa shape index (κ2) is 10.2. The molecule has 0 spiro atoms. The van der Waals surface area contributed by atoms with Gasteiger partial charge in [0.1, 0.15) is 5.82 Å². The van der Waals surface area contributed by atoms with Gasteiger partial charge in [0.05, 0.1) is 14.2 Å². The van der Waals surface area contributed by atoms with Crippen molar-refractivity contribution in [2.45, 2.75) is 19.2 Å². The highest BCUT2D eigenvalue weighted by atomic mass is 19.3. The van der Waals surface area contributed by atoms with Crippen LogP contribution in [-0.2, 0) is 6.54 Å². The van der Waals surface area contributed by atoms with Crippen LogP contribution in [0, 0.1) is 5.82 Å². The SMILES string of the molecule is COc1cc(CNC[C@@H](c2cccc(F)c2)N(C)C)cc(OC)c1OC(F)F. The summed E-state index contributed by atoms with van der Waals surface area (Å²) in [6, 6.07) is 9.65. The van der Waals surface area contributed by atoms with Crippen molar-refractivity contribution in [1.82, 2.24) is 10.2 Å². The smallest absolute Gasteiger partial charge is 0.387 e. The van der Waals surface area contributed by atoms with E-state index in [1.807, 2.05) is 25.1 Å². The highest BCUT2D eigenvalue weighted by Crippen LogP contribution is 2.39. The van der Waals surface area contributed by atoms with Crippen molar-refractivity contribution in [3.63, 3.8) is 0 Å². The van der Waals surface area contributed by atoms with Crippen molar-refractivity contribution in [3.8, 4) is 17.2 Å². The molecule has 0 saturated carbocycles. The van der Waals surface area contributed by atoms with Crippen LogP contribution >= 0.6 is 0 Å². The predicted octanol–water partition coefficient (Wildman–Crippen LogP) is 3.84. The van der Waals surface area contributed by atoms with Crippen LogP contribution in [0.4, 0.5) is 13.2 Å². The van der Waals surface area contributed by atoms with Gasteiger partial charge in [-0.25, -0.2) is 4.39 Å². The molecular formula is C20H25F3N2O3. The lowest BCUT2D eigenvalue weighted by Gasteiger charge is -2.25. The summed E-state index contributed by atoms with van der Waals surface area (Å²) in [5.74, 6) is -0.111. The van der Waals surface area contributed by atoms with Crippen LogP contribution in [0.5, 0.6) is 17.2 Å². The standard InChI is InChI=1S/C20H25F3N2O3/c1-25(2)16(14-6-5-7-15(21)10-14)12-24-11-13-8-17(26-3)19(28-20(22)23)18(9-13)27-4/h5-10,16,20,24H,11-12H2,1-4H3/t16-/m0/s1. The Morgan fingerprint density at radius 1 is 1.04 bits per heavy atom. The van der Waals surface area contributed by atoms with E-state index in [9.17, 15) is 13.2 Å². The van der Waals surface area contributed by atoms with E-state index in [0.29, 0.717) is 13.1 Å². The number of hydrogen-bond donors (Lipinski definition) is 1. The Bertz CT molecular complexity index is 747. The molecule has 28 heavy (non-hydrogen) atoms. The minimum atomic E-state index is -2.99. The van der Waals surface area contributed by atoms with E-state index in [1.54, 1.807) is 18.2 Å². The van der Waals surface area contributed by atoms with E-state index in [0.717, 1.165) is 11.1 Å². The lowest BCUT2D eigenvalue weighted by Crippen LogP contribution is -2.30. The predicted molar refractivity (Wildman–Crippen MR) is 101 cm³/mol. The van der Waals surface area contributed by atoms with Crippen LogP contribution < -0.4 is 19.5 Å². The Morgan fingerprint density at radius 3 is 2.18 bits per heavy atom. The second-order valence-corrected chi connectivity index (χ2v) is 6.37. The molecule has 2 aromatic rings. The summed E-state index contributed by atoms with van der Waals surface area (Å²) in [5, 5.41) is 3.30. The van der Waals surface area contributed by atoms with E-state index in [1.165, 1.54) is 26.4 Å². The molecule has 2 aromatic carbocycles. The lowest BCUT2D eigenvalue weighted by atomic mass is 10.1. The molecule has 0 radical (unpaired) electrons. The molecule has 154 valence electrons. The first-order chi connectivity index (χ1) is 13.3. The van der Waals surface area contributed by atoms with Gasteiger partial charge < -0.3 is 24.4 Å². The maximum atomic E-state index is 13.5. The minimum absolute atomic E-state index is 0.0408. The molecule has 0 aliphatic carbocycles. The molecule has 0 unspecified atom stereocenters. The van der Waals surface area contributed by atoms with Gasteiger partial charge in [-0.3, -0.25) is 0 Å². The largest absolute Gasteiger partial charge is 0.493 e. The number of benzene rings is 2. The molecule has 2 rings (SSSR count). The average molecular weight is 398 g/mol. The Kier molecular flexibility index (Phi) is 7.95. The number of alkyl halides is 2. The van der Waals surface area contributed by atoms with Gasteiger partial charge >= 0.3 is 6.61 Å². The van der Waals surface area contributed by atoms with Crippen LogP contribution in [0.15, 0.2) is 36.4 Å². The van der Waals surface area contributed by atoms with Gasteiger partial charge in [-0.05, 0) is 49.5 Å². The fourth-order valence-corrected chi connectivity index (χ4v) is 2.91. The van der Waals surface area contributed by atoms with Crippen LogP contribution in [0.1, 0.15) is 17.2 Å². The normalized spacial score (nSPS) is 12.3. The van der Waals surface area contributed by atoms with Crippen LogP contribution in [0.3, 0.4) is 0 Å². The fraction of sp³-hybridized carbons (Fsp3) is 0.400. The van der Waals surface area contributed by atoms with Crippen LogP contribution in [-0.4, -0.2) is 46.4 Å². The van der Waals surface area contributed by atoms with Gasteiger partial charge in [0.15, 0.2) is 11.5 Å². The molecule has 0 fully saturated rings. The van der Waals surface area contributed by atoms with Crippen molar-refractivity contribution in [3.05, 3.63) is 53.3 Å². The summed E-state index contributed by atoms with van der Waals surface area (Å²) in [5.41, 5.74) is 1.63. The third-order valence-electron chi connectivity index (χ3n) is 4.25. The average Bonchev–Trinajstić information content (AvgIpc) is 2.65. The Hall–Kier alpha value is -2.45. The Labute approximate surface area is 163 Å². The highest BCUT2D eigenvalue weighted by Gasteiger charge is 2.19. The summed E-state index contributed by atoms with van der Waals surface area (Å²) >= 11 is 0. The summed E-state index contributed by atoms with van der Waals surface area (Å²) in [6.07, 6.45) is 0. The summed E-state index contributed by atoms with van der Waals surface area (Å²) < 4.78 is 53.6. The third-order valence-corrected chi connectivity index (χ3v) is 4.25. The number of halogens is 3. The van der Waals surface area contributed by atoms with Gasteiger partial charge in [0.25, 0.3) is 0 Å². The molecule has 8 heteroatoms. The van der Waals surface area contributed by atoms with Gasteiger partial charge in [-0.1, -0.05) is 12.1 Å². The van der Waals surface area contributed by atoms with E-state index in [2.05, 4.69) is 10.1 Å². The molecular weight excluding hydrogens is 373 g/mol. The van der Waals surface area contributed by atoms with Crippen molar-refractivity contribution in [2.75, 3.05) is 34.9 Å². The molecule has 0 heterocycles. The zero-order valence-corrected chi connectivity index (χ0v) is 16.3. The number of nitrogens with one attached hydrogen (secondary N) is 1. The van der Waals surface area contributed by atoms with Crippen LogP contribution in [0.25, 0.3) is 0 Å². The fourth-order valence-electron chi connectivity index (χ4n) is 2.91. The quantitative estimate of drug-likeness (QED) is 0.659. The molecule has 5 nitrogen and oxygen atoms in total. The van der Waals surface area contributed by atoms with E-state index in [4.69, 9.17) is 9.47 Å². The number of hydrogen-bond acceptors (Lipinski definition) is 5. The van der Waals surface area contributed by atoms with E-state index >= 15 is 0 Å². The molecule has 1 N–H and O–H groups in total. The highest BCUT2D eigenvalue weighted by molar-refractivity contribution is 5.53. The number of ether oxygens (including phenoxy) is 3. The first-order valence-corrected chi connectivity index (χ1v) is 8.68. The number of nitrogens with zero attached hydrogens (tertiary/aromatic N) is 1. The monoisotopic (exact) mass is 398 g/mol. The molecule has 0 saturated heterocycles. The van der Waals surface area contributed by atoms with Gasteiger partial charge in [-0.15, -0.1) is 0 Å². The first kappa shape index (κ1) is 21.8. The number of rotatable bonds is 10. The number of likely N-dealkylation sites (N-methyl/N-ethyl adjacent to an activating group) is 1. The molecule has 0 amide bonds.